The Kier molecular flexibility index (Phi) is 6.37. The van der Waals surface area contributed by atoms with E-state index in [-0.39, 0.29) is 12.5 Å². The molecule has 0 aliphatic rings. The highest BCUT2D eigenvalue weighted by atomic mass is 16.2. The highest BCUT2D eigenvalue weighted by Crippen LogP contribution is 2.10. The smallest absolute Gasteiger partial charge is 0.241 e. The van der Waals surface area contributed by atoms with Gasteiger partial charge in [-0.15, -0.1) is 5.10 Å². The van der Waals surface area contributed by atoms with E-state index < -0.39 is 0 Å². The van der Waals surface area contributed by atoms with Crippen molar-refractivity contribution in [2.24, 2.45) is 5.92 Å². The first-order chi connectivity index (χ1) is 10.7. The van der Waals surface area contributed by atoms with Crippen molar-refractivity contribution in [3.63, 3.8) is 0 Å². The minimum atomic E-state index is -0.00201. The number of fused-ring (bicyclic) bond motifs is 1. The van der Waals surface area contributed by atoms with Crippen molar-refractivity contribution in [1.82, 2.24) is 20.3 Å². The van der Waals surface area contributed by atoms with Crippen molar-refractivity contribution in [2.75, 3.05) is 6.54 Å². The molecule has 0 aliphatic carbocycles. The van der Waals surface area contributed by atoms with Gasteiger partial charge in [-0.3, -0.25) is 4.79 Å². The molecule has 1 aromatic heterocycles. The van der Waals surface area contributed by atoms with Crippen LogP contribution in [0.15, 0.2) is 24.3 Å². The minimum Gasteiger partial charge on any atom is -0.354 e. The highest BCUT2D eigenvalue weighted by molar-refractivity contribution is 5.79. The molecule has 0 saturated carbocycles. The average Bonchev–Trinajstić information content (AvgIpc) is 2.89. The number of para-hydroxylation sites is 1. The molecule has 120 valence electrons. The van der Waals surface area contributed by atoms with Crippen LogP contribution in [0.1, 0.15) is 46.0 Å². The fourth-order valence-corrected chi connectivity index (χ4v) is 2.49. The molecule has 1 N–H and O–H groups in total. The van der Waals surface area contributed by atoms with E-state index in [1.807, 2.05) is 24.3 Å². The fourth-order valence-electron chi connectivity index (χ4n) is 2.49. The highest BCUT2D eigenvalue weighted by Gasteiger charge is 2.07. The number of carbonyl (C=O) groups excluding carboxylic acids is 1. The van der Waals surface area contributed by atoms with E-state index in [2.05, 4.69) is 29.5 Å². The summed E-state index contributed by atoms with van der Waals surface area (Å²) in [6.07, 6.45) is 6.06. The number of nitrogens with one attached hydrogen (secondary N) is 1. The third kappa shape index (κ3) is 5.13. The molecular weight excluding hydrogens is 276 g/mol. The maximum absolute atomic E-state index is 11.9. The maximum Gasteiger partial charge on any atom is 0.241 e. The lowest BCUT2D eigenvalue weighted by molar-refractivity contribution is -0.121. The number of hydrogen-bond acceptors (Lipinski definition) is 3. The van der Waals surface area contributed by atoms with Crippen LogP contribution in [0.4, 0.5) is 0 Å². The molecule has 2 aromatic rings. The first kappa shape index (κ1) is 16.5. The molecule has 0 fully saturated rings. The van der Waals surface area contributed by atoms with Crippen molar-refractivity contribution < 1.29 is 4.79 Å². The Hall–Kier alpha value is -1.91. The molecule has 1 amide bonds. The van der Waals surface area contributed by atoms with E-state index in [9.17, 15) is 4.79 Å². The van der Waals surface area contributed by atoms with Crippen molar-refractivity contribution in [3.8, 4) is 0 Å². The molecule has 0 aliphatic heterocycles. The fraction of sp³-hybridized carbons (Fsp3) is 0.588. The topological polar surface area (TPSA) is 59.8 Å². The summed E-state index contributed by atoms with van der Waals surface area (Å²) in [6.45, 7) is 5.49. The van der Waals surface area contributed by atoms with E-state index >= 15 is 0 Å². The van der Waals surface area contributed by atoms with E-state index in [0.717, 1.165) is 29.9 Å². The predicted octanol–water partition coefficient (Wildman–Crippen LogP) is 3.15. The van der Waals surface area contributed by atoms with Crippen molar-refractivity contribution in [1.29, 1.82) is 0 Å². The molecule has 1 heterocycles. The first-order valence-corrected chi connectivity index (χ1v) is 8.21. The number of hydrogen-bond donors (Lipinski definition) is 1. The second kappa shape index (κ2) is 8.51. The zero-order valence-electron chi connectivity index (χ0n) is 13.6. The molecule has 0 spiro atoms. The SMILES string of the molecule is CC(C)CCCCCCNC(=O)Cn1nnc2ccccc21. The summed E-state index contributed by atoms with van der Waals surface area (Å²) in [7, 11) is 0. The Morgan fingerprint density at radius 3 is 2.77 bits per heavy atom. The largest absolute Gasteiger partial charge is 0.354 e. The van der Waals surface area contributed by atoms with E-state index in [1.54, 1.807) is 4.68 Å². The molecule has 0 bridgehead atoms. The summed E-state index contributed by atoms with van der Waals surface area (Å²) >= 11 is 0. The van der Waals surface area contributed by atoms with Gasteiger partial charge in [-0.05, 0) is 24.5 Å². The van der Waals surface area contributed by atoms with E-state index in [4.69, 9.17) is 0 Å². The number of rotatable bonds is 9. The van der Waals surface area contributed by atoms with Gasteiger partial charge in [-0.1, -0.05) is 56.9 Å². The Bertz CT molecular complexity index is 591. The lowest BCUT2D eigenvalue weighted by Gasteiger charge is -2.06. The zero-order valence-corrected chi connectivity index (χ0v) is 13.6. The van der Waals surface area contributed by atoms with Crippen LogP contribution >= 0.6 is 0 Å². The lowest BCUT2D eigenvalue weighted by Crippen LogP contribution is -2.28. The monoisotopic (exact) mass is 302 g/mol. The molecule has 5 nitrogen and oxygen atoms in total. The standard InChI is InChI=1S/C17H26N4O/c1-14(2)9-5-3-4-8-12-18-17(22)13-21-16-11-7-6-10-15(16)19-20-21/h6-7,10-11,14H,3-5,8-9,12-13H2,1-2H3,(H,18,22). The number of nitrogens with zero attached hydrogens (tertiary/aromatic N) is 3. The van der Waals surface area contributed by atoms with Crippen LogP contribution in [-0.2, 0) is 11.3 Å². The Balaban J connectivity index is 1.64. The summed E-state index contributed by atoms with van der Waals surface area (Å²) in [6, 6.07) is 7.67. The van der Waals surface area contributed by atoms with E-state index in [0.29, 0.717) is 0 Å². The van der Waals surface area contributed by atoms with Gasteiger partial charge in [0.2, 0.25) is 5.91 Å². The van der Waals surface area contributed by atoms with Gasteiger partial charge < -0.3 is 5.32 Å². The summed E-state index contributed by atoms with van der Waals surface area (Å²) in [4.78, 5) is 11.9. The van der Waals surface area contributed by atoms with Crippen LogP contribution in [-0.4, -0.2) is 27.4 Å². The molecule has 1 aromatic carbocycles. The van der Waals surface area contributed by atoms with Crippen molar-refractivity contribution in [2.45, 2.75) is 52.5 Å². The zero-order chi connectivity index (χ0) is 15.8. The Morgan fingerprint density at radius 1 is 1.18 bits per heavy atom. The van der Waals surface area contributed by atoms with Gasteiger partial charge >= 0.3 is 0 Å². The second-order valence-electron chi connectivity index (χ2n) is 6.18. The van der Waals surface area contributed by atoms with Gasteiger partial charge in [-0.2, -0.15) is 0 Å². The summed E-state index contributed by atoms with van der Waals surface area (Å²) in [5.41, 5.74) is 1.71. The maximum atomic E-state index is 11.9. The van der Waals surface area contributed by atoms with Gasteiger partial charge in [0.05, 0.1) is 5.52 Å². The van der Waals surface area contributed by atoms with Gasteiger partial charge in [0.25, 0.3) is 0 Å². The van der Waals surface area contributed by atoms with Crippen LogP contribution < -0.4 is 5.32 Å². The summed E-state index contributed by atoms with van der Waals surface area (Å²) in [5.74, 6) is 0.787. The van der Waals surface area contributed by atoms with Crippen molar-refractivity contribution in [3.05, 3.63) is 24.3 Å². The molecule has 5 heteroatoms. The van der Waals surface area contributed by atoms with Crippen LogP contribution in [0, 0.1) is 5.92 Å². The second-order valence-corrected chi connectivity index (χ2v) is 6.18. The number of amides is 1. The minimum absolute atomic E-state index is 0.00201. The van der Waals surface area contributed by atoms with E-state index in [1.165, 1.54) is 25.7 Å². The molecule has 0 radical (unpaired) electrons. The number of unbranched alkanes of at least 4 members (excludes halogenated alkanes) is 3. The summed E-state index contributed by atoms with van der Waals surface area (Å²) in [5, 5.41) is 11.0. The number of aromatic nitrogens is 3. The van der Waals surface area contributed by atoms with Crippen LogP contribution in [0.3, 0.4) is 0 Å². The van der Waals surface area contributed by atoms with Crippen LogP contribution in [0.2, 0.25) is 0 Å². The van der Waals surface area contributed by atoms with Gasteiger partial charge in [-0.25, -0.2) is 4.68 Å². The molecule has 0 saturated heterocycles. The van der Waals surface area contributed by atoms with Crippen molar-refractivity contribution >= 4 is 16.9 Å². The number of benzene rings is 1. The molecule has 0 unspecified atom stereocenters. The molecule has 2 rings (SSSR count). The number of carbonyl (C=O) groups is 1. The van der Waals surface area contributed by atoms with Crippen LogP contribution in [0.25, 0.3) is 11.0 Å². The molecule has 22 heavy (non-hydrogen) atoms. The summed E-state index contributed by atoms with van der Waals surface area (Å²) < 4.78 is 1.65. The van der Waals surface area contributed by atoms with Gasteiger partial charge in [0, 0.05) is 6.54 Å². The molecular formula is C17H26N4O. The lowest BCUT2D eigenvalue weighted by atomic mass is 10.0. The van der Waals surface area contributed by atoms with Gasteiger partial charge in [0.1, 0.15) is 12.1 Å². The third-order valence-corrected chi connectivity index (χ3v) is 3.74. The third-order valence-electron chi connectivity index (χ3n) is 3.74. The normalized spacial score (nSPS) is 11.2. The Morgan fingerprint density at radius 2 is 1.95 bits per heavy atom. The van der Waals surface area contributed by atoms with Crippen LogP contribution in [0.5, 0.6) is 0 Å². The van der Waals surface area contributed by atoms with Gasteiger partial charge in [0.15, 0.2) is 0 Å². The quantitative estimate of drug-likeness (QED) is 0.724. The Labute approximate surface area is 132 Å². The average molecular weight is 302 g/mol. The predicted molar refractivity (Wildman–Crippen MR) is 88.5 cm³/mol. The molecule has 0 atom stereocenters. The first-order valence-electron chi connectivity index (χ1n) is 8.21.